The summed E-state index contributed by atoms with van der Waals surface area (Å²) in [5.74, 6) is 0. The van der Waals surface area contributed by atoms with Gasteiger partial charge in [-0.15, -0.1) is 5.73 Å². The van der Waals surface area contributed by atoms with E-state index in [1.807, 2.05) is 0 Å². The molecular formula is C16H27F3. The Morgan fingerprint density at radius 1 is 0.789 bits per heavy atom. The van der Waals surface area contributed by atoms with Gasteiger partial charge in [-0.25, -0.2) is 0 Å². The number of allylic oxidation sites excluding steroid dienone is 1. The molecule has 0 aliphatic heterocycles. The van der Waals surface area contributed by atoms with Gasteiger partial charge in [-0.1, -0.05) is 64.7 Å². The molecule has 0 aromatic rings. The first-order chi connectivity index (χ1) is 9.06. The predicted octanol–water partition coefficient (Wildman–Crippen LogP) is 6.57. The summed E-state index contributed by atoms with van der Waals surface area (Å²) in [6.07, 6.45) is 10.6. The molecule has 0 radical (unpaired) electrons. The molecule has 0 unspecified atom stereocenters. The van der Waals surface area contributed by atoms with E-state index in [0.29, 0.717) is 6.42 Å². The fourth-order valence-electron chi connectivity index (χ4n) is 1.97. The summed E-state index contributed by atoms with van der Waals surface area (Å²) in [6.45, 7) is 2.22. The van der Waals surface area contributed by atoms with E-state index in [9.17, 15) is 13.2 Å². The Labute approximate surface area is 115 Å². The van der Waals surface area contributed by atoms with Crippen molar-refractivity contribution in [1.82, 2.24) is 0 Å². The van der Waals surface area contributed by atoms with Gasteiger partial charge in [0.05, 0.1) is 6.08 Å². The van der Waals surface area contributed by atoms with Crippen molar-refractivity contribution in [2.45, 2.75) is 83.7 Å². The van der Waals surface area contributed by atoms with Crippen LogP contribution in [0.1, 0.15) is 77.6 Å². The Morgan fingerprint density at radius 3 is 1.74 bits per heavy atom. The van der Waals surface area contributed by atoms with Crippen LogP contribution >= 0.6 is 0 Å². The van der Waals surface area contributed by atoms with Crippen molar-refractivity contribution < 1.29 is 13.2 Å². The maximum Gasteiger partial charge on any atom is 0.416 e. The summed E-state index contributed by atoms with van der Waals surface area (Å²) in [7, 11) is 0. The van der Waals surface area contributed by atoms with E-state index in [1.54, 1.807) is 0 Å². The zero-order chi connectivity index (χ0) is 14.4. The molecule has 0 rings (SSSR count). The summed E-state index contributed by atoms with van der Waals surface area (Å²) in [4.78, 5) is 0. The van der Waals surface area contributed by atoms with Gasteiger partial charge in [0.15, 0.2) is 0 Å². The Hall–Kier alpha value is -0.690. The SMILES string of the molecule is CCCCCCCCCCCCC=C=CC(F)(F)F. The van der Waals surface area contributed by atoms with Crippen LogP contribution < -0.4 is 0 Å². The summed E-state index contributed by atoms with van der Waals surface area (Å²) in [6, 6.07) is 0. The first-order valence-corrected chi connectivity index (χ1v) is 7.55. The molecule has 0 fully saturated rings. The van der Waals surface area contributed by atoms with E-state index in [0.717, 1.165) is 12.8 Å². The minimum atomic E-state index is -4.23. The summed E-state index contributed by atoms with van der Waals surface area (Å²) in [5, 5.41) is 0. The van der Waals surface area contributed by atoms with E-state index < -0.39 is 6.18 Å². The van der Waals surface area contributed by atoms with Crippen molar-refractivity contribution in [3.63, 3.8) is 0 Å². The zero-order valence-electron chi connectivity index (χ0n) is 12.1. The highest BCUT2D eigenvalue weighted by molar-refractivity contribution is 4.89. The molecule has 0 atom stereocenters. The minimum Gasteiger partial charge on any atom is -0.166 e. The summed E-state index contributed by atoms with van der Waals surface area (Å²) < 4.78 is 35.2. The number of alkyl halides is 3. The van der Waals surface area contributed by atoms with E-state index in [2.05, 4.69) is 12.7 Å². The second kappa shape index (κ2) is 12.3. The van der Waals surface area contributed by atoms with Gasteiger partial charge in [0, 0.05) is 0 Å². The van der Waals surface area contributed by atoms with Gasteiger partial charge in [0.2, 0.25) is 0 Å². The van der Waals surface area contributed by atoms with Crippen molar-refractivity contribution in [3.8, 4) is 0 Å². The quantitative estimate of drug-likeness (QED) is 0.295. The van der Waals surface area contributed by atoms with Crippen LogP contribution in [0.4, 0.5) is 13.2 Å². The van der Waals surface area contributed by atoms with E-state index >= 15 is 0 Å². The molecule has 0 aliphatic carbocycles. The monoisotopic (exact) mass is 276 g/mol. The summed E-state index contributed by atoms with van der Waals surface area (Å²) in [5.41, 5.74) is 2.18. The normalized spacial score (nSPS) is 11.2. The van der Waals surface area contributed by atoms with E-state index in [-0.39, 0.29) is 6.08 Å². The maximum absolute atomic E-state index is 11.7. The third-order valence-electron chi connectivity index (χ3n) is 3.07. The minimum absolute atomic E-state index is 0.170. The molecule has 0 aromatic carbocycles. The van der Waals surface area contributed by atoms with Gasteiger partial charge in [-0.2, -0.15) is 13.2 Å². The molecule has 0 heterocycles. The van der Waals surface area contributed by atoms with Crippen LogP contribution in [-0.2, 0) is 0 Å². The predicted molar refractivity (Wildman–Crippen MR) is 75.2 cm³/mol. The van der Waals surface area contributed by atoms with Gasteiger partial charge in [-0.05, 0) is 18.9 Å². The van der Waals surface area contributed by atoms with Crippen LogP contribution in [0.3, 0.4) is 0 Å². The van der Waals surface area contributed by atoms with Crippen LogP contribution in [0.5, 0.6) is 0 Å². The average Bonchev–Trinajstić information content (AvgIpc) is 2.34. The largest absolute Gasteiger partial charge is 0.416 e. The highest BCUT2D eigenvalue weighted by atomic mass is 19.4. The Kier molecular flexibility index (Phi) is 11.9. The van der Waals surface area contributed by atoms with Gasteiger partial charge >= 0.3 is 6.18 Å². The van der Waals surface area contributed by atoms with Crippen LogP contribution in [0.25, 0.3) is 0 Å². The smallest absolute Gasteiger partial charge is 0.166 e. The fourth-order valence-corrected chi connectivity index (χ4v) is 1.97. The van der Waals surface area contributed by atoms with E-state index in [4.69, 9.17) is 0 Å². The molecule has 3 heteroatoms. The first kappa shape index (κ1) is 18.3. The van der Waals surface area contributed by atoms with Crippen molar-refractivity contribution in [2.75, 3.05) is 0 Å². The first-order valence-electron chi connectivity index (χ1n) is 7.55. The molecule has 0 amide bonds. The van der Waals surface area contributed by atoms with Crippen LogP contribution in [-0.4, -0.2) is 6.18 Å². The third kappa shape index (κ3) is 17.3. The van der Waals surface area contributed by atoms with E-state index in [1.165, 1.54) is 57.4 Å². The van der Waals surface area contributed by atoms with Crippen molar-refractivity contribution in [1.29, 1.82) is 0 Å². The van der Waals surface area contributed by atoms with Crippen LogP contribution in [0.2, 0.25) is 0 Å². The van der Waals surface area contributed by atoms with Crippen molar-refractivity contribution >= 4 is 0 Å². The maximum atomic E-state index is 11.7. The lowest BCUT2D eigenvalue weighted by molar-refractivity contribution is -0.0796. The van der Waals surface area contributed by atoms with Crippen LogP contribution in [0, 0.1) is 0 Å². The molecule has 0 saturated carbocycles. The second-order valence-corrected chi connectivity index (χ2v) is 5.03. The van der Waals surface area contributed by atoms with Gasteiger partial charge in [-0.3, -0.25) is 0 Å². The van der Waals surface area contributed by atoms with Crippen LogP contribution in [0.15, 0.2) is 17.9 Å². The highest BCUT2D eigenvalue weighted by Crippen LogP contribution is 2.15. The highest BCUT2D eigenvalue weighted by Gasteiger charge is 2.21. The number of hydrogen-bond donors (Lipinski definition) is 0. The molecule has 0 saturated heterocycles. The Bertz CT molecular complexity index is 247. The molecule has 0 nitrogen and oxygen atoms in total. The fraction of sp³-hybridized carbons (Fsp3) is 0.812. The summed E-state index contributed by atoms with van der Waals surface area (Å²) >= 11 is 0. The topological polar surface area (TPSA) is 0 Å². The molecular weight excluding hydrogens is 249 g/mol. The number of hydrogen-bond acceptors (Lipinski definition) is 0. The number of rotatable bonds is 11. The standard InChI is InChI=1S/C16H27F3/c1-2-3-4-5-6-7-8-9-10-11-12-13-14-15-16(17,18)19/h13,15H,2-12H2,1H3. The average molecular weight is 276 g/mol. The Morgan fingerprint density at radius 2 is 1.26 bits per heavy atom. The van der Waals surface area contributed by atoms with Crippen molar-refractivity contribution in [2.24, 2.45) is 0 Å². The molecule has 0 spiro atoms. The lowest BCUT2D eigenvalue weighted by Crippen LogP contribution is -1.99. The lowest BCUT2D eigenvalue weighted by Gasteiger charge is -2.01. The second-order valence-electron chi connectivity index (χ2n) is 5.03. The van der Waals surface area contributed by atoms with Gasteiger partial charge < -0.3 is 0 Å². The zero-order valence-corrected chi connectivity index (χ0v) is 12.1. The molecule has 0 N–H and O–H groups in total. The third-order valence-corrected chi connectivity index (χ3v) is 3.07. The van der Waals surface area contributed by atoms with Gasteiger partial charge in [0.25, 0.3) is 0 Å². The molecule has 0 bridgehead atoms. The van der Waals surface area contributed by atoms with Crippen molar-refractivity contribution in [3.05, 3.63) is 17.9 Å². The van der Waals surface area contributed by atoms with Gasteiger partial charge in [0.1, 0.15) is 0 Å². The lowest BCUT2D eigenvalue weighted by atomic mass is 10.1. The number of halogens is 3. The molecule has 112 valence electrons. The molecule has 0 aliphatic rings. The Balaban J connectivity index is 3.21. The number of unbranched alkanes of at least 4 members (excludes halogenated alkanes) is 10. The molecule has 19 heavy (non-hydrogen) atoms. The molecule has 0 aromatic heterocycles.